The van der Waals surface area contributed by atoms with E-state index in [1.54, 1.807) is 0 Å². The SMILES string of the molecule is c1ccc(-c2ccc3c(c2)C2(c4ccccc4-c4ccccc42)c2cc(N(c4ccccc4)c4cccc5oc6ccccc6c45)ccc2-3)cc1. The van der Waals surface area contributed by atoms with Crippen LogP contribution in [0.2, 0.25) is 0 Å². The molecule has 2 aliphatic rings. The maximum atomic E-state index is 6.41. The van der Waals surface area contributed by atoms with Crippen molar-refractivity contribution < 1.29 is 4.42 Å². The molecular weight excluding hydrogens is 619 g/mol. The molecule has 1 heterocycles. The summed E-state index contributed by atoms with van der Waals surface area (Å²) in [5.74, 6) is 0. The van der Waals surface area contributed by atoms with Gasteiger partial charge in [0.05, 0.1) is 16.5 Å². The molecular formula is C49H31NO. The molecule has 0 bridgehead atoms. The first-order valence-corrected chi connectivity index (χ1v) is 17.6. The van der Waals surface area contributed by atoms with Crippen molar-refractivity contribution in [2.45, 2.75) is 5.41 Å². The van der Waals surface area contributed by atoms with Gasteiger partial charge < -0.3 is 9.32 Å². The molecule has 2 nitrogen and oxygen atoms in total. The number of fused-ring (bicyclic) bond motifs is 13. The smallest absolute Gasteiger partial charge is 0.137 e. The summed E-state index contributed by atoms with van der Waals surface area (Å²) in [6.07, 6.45) is 0. The average Bonchev–Trinajstić information content (AvgIpc) is 3.83. The summed E-state index contributed by atoms with van der Waals surface area (Å²) in [6.45, 7) is 0. The summed E-state index contributed by atoms with van der Waals surface area (Å²) in [7, 11) is 0. The van der Waals surface area contributed by atoms with Crippen molar-refractivity contribution in [2.24, 2.45) is 0 Å². The molecule has 2 heteroatoms. The van der Waals surface area contributed by atoms with Crippen molar-refractivity contribution in [3.63, 3.8) is 0 Å². The van der Waals surface area contributed by atoms with Crippen LogP contribution in [0.1, 0.15) is 22.3 Å². The van der Waals surface area contributed by atoms with Crippen LogP contribution in [-0.4, -0.2) is 0 Å². The fourth-order valence-electron chi connectivity index (χ4n) is 9.02. The van der Waals surface area contributed by atoms with Gasteiger partial charge >= 0.3 is 0 Å². The Morgan fingerprint density at radius 1 is 0.373 bits per heavy atom. The first-order chi connectivity index (χ1) is 25.3. The molecule has 0 amide bonds. The highest BCUT2D eigenvalue weighted by molar-refractivity contribution is 6.13. The van der Waals surface area contributed by atoms with Crippen LogP contribution in [0.5, 0.6) is 0 Å². The molecule has 2 aliphatic carbocycles. The maximum absolute atomic E-state index is 6.41. The van der Waals surface area contributed by atoms with Crippen molar-refractivity contribution in [1.82, 2.24) is 0 Å². The van der Waals surface area contributed by atoms with Crippen molar-refractivity contribution in [3.8, 4) is 33.4 Å². The topological polar surface area (TPSA) is 16.4 Å². The van der Waals surface area contributed by atoms with E-state index in [2.05, 4.69) is 187 Å². The maximum Gasteiger partial charge on any atom is 0.137 e. The van der Waals surface area contributed by atoms with Crippen LogP contribution in [0.15, 0.2) is 192 Å². The quantitative estimate of drug-likeness (QED) is 0.189. The van der Waals surface area contributed by atoms with Crippen molar-refractivity contribution in [1.29, 1.82) is 0 Å². The third-order valence-electron chi connectivity index (χ3n) is 11.1. The number of hydrogen-bond donors (Lipinski definition) is 0. The van der Waals surface area contributed by atoms with Gasteiger partial charge in [0.15, 0.2) is 0 Å². The van der Waals surface area contributed by atoms with Crippen LogP contribution in [0, 0.1) is 0 Å². The van der Waals surface area contributed by atoms with E-state index in [0.717, 1.165) is 39.0 Å². The summed E-state index contributed by atoms with van der Waals surface area (Å²) >= 11 is 0. The third-order valence-corrected chi connectivity index (χ3v) is 11.1. The Kier molecular flexibility index (Phi) is 5.91. The zero-order valence-corrected chi connectivity index (χ0v) is 27.8. The zero-order chi connectivity index (χ0) is 33.5. The number of rotatable bonds is 4. The number of hydrogen-bond acceptors (Lipinski definition) is 2. The lowest BCUT2D eigenvalue weighted by atomic mass is 9.70. The van der Waals surface area contributed by atoms with Crippen LogP contribution < -0.4 is 4.90 Å². The minimum Gasteiger partial charge on any atom is -0.456 e. The van der Waals surface area contributed by atoms with E-state index in [0.29, 0.717) is 0 Å². The molecule has 0 N–H and O–H groups in total. The van der Waals surface area contributed by atoms with Gasteiger partial charge in [0.1, 0.15) is 11.2 Å². The van der Waals surface area contributed by atoms with Crippen LogP contribution >= 0.6 is 0 Å². The molecule has 0 atom stereocenters. The minimum atomic E-state index is -0.477. The Labute approximate surface area is 296 Å². The predicted octanol–water partition coefficient (Wildman–Crippen LogP) is 13.1. The molecule has 1 aromatic heterocycles. The highest BCUT2D eigenvalue weighted by Gasteiger charge is 2.52. The second-order valence-electron chi connectivity index (χ2n) is 13.6. The standard InChI is InChI=1S/C49H31NO/c1-3-14-32(15-4-1)33-26-28-38-39-29-27-35(31-44(39)49(43(38)30-33)41-21-10-7-18-36(41)37-19-8-11-22-42(37)49)50(34-16-5-2-6-17-34)45-23-13-25-47-48(45)40-20-9-12-24-46(40)51-47/h1-31H. The molecule has 0 saturated heterocycles. The Bertz CT molecular complexity index is 2770. The summed E-state index contributed by atoms with van der Waals surface area (Å²) in [5, 5.41) is 2.22. The lowest BCUT2D eigenvalue weighted by Gasteiger charge is -2.32. The number of benzene rings is 8. The molecule has 0 aliphatic heterocycles. The molecule has 11 rings (SSSR count). The normalized spacial score (nSPS) is 13.3. The fourth-order valence-corrected chi connectivity index (χ4v) is 9.02. The molecule has 8 aromatic carbocycles. The van der Waals surface area contributed by atoms with Gasteiger partial charge in [0.25, 0.3) is 0 Å². The van der Waals surface area contributed by atoms with Crippen molar-refractivity contribution in [2.75, 3.05) is 4.90 Å². The Morgan fingerprint density at radius 2 is 0.961 bits per heavy atom. The lowest BCUT2D eigenvalue weighted by Crippen LogP contribution is -2.26. The van der Waals surface area contributed by atoms with Gasteiger partial charge in [-0.15, -0.1) is 0 Å². The van der Waals surface area contributed by atoms with Gasteiger partial charge in [-0.3, -0.25) is 0 Å². The number of para-hydroxylation sites is 2. The Morgan fingerprint density at radius 3 is 1.73 bits per heavy atom. The second-order valence-corrected chi connectivity index (χ2v) is 13.6. The molecule has 0 saturated carbocycles. The molecule has 0 radical (unpaired) electrons. The monoisotopic (exact) mass is 649 g/mol. The Hall–Kier alpha value is -6.64. The average molecular weight is 650 g/mol. The van der Waals surface area contributed by atoms with Crippen LogP contribution in [0.25, 0.3) is 55.3 Å². The van der Waals surface area contributed by atoms with Gasteiger partial charge in [-0.05, 0) is 104 Å². The number of furan rings is 1. The van der Waals surface area contributed by atoms with Gasteiger partial charge in [0.2, 0.25) is 0 Å². The van der Waals surface area contributed by atoms with Crippen molar-refractivity contribution >= 4 is 39.0 Å². The highest BCUT2D eigenvalue weighted by atomic mass is 16.3. The van der Waals surface area contributed by atoms with E-state index in [1.807, 2.05) is 6.07 Å². The van der Waals surface area contributed by atoms with E-state index in [9.17, 15) is 0 Å². The molecule has 9 aromatic rings. The van der Waals surface area contributed by atoms with E-state index >= 15 is 0 Å². The molecule has 51 heavy (non-hydrogen) atoms. The Balaban J connectivity index is 1.22. The van der Waals surface area contributed by atoms with Gasteiger partial charge in [-0.1, -0.05) is 140 Å². The van der Waals surface area contributed by atoms with Crippen LogP contribution in [-0.2, 0) is 5.41 Å². The van der Waals surface area contributed by atoms with Crippen molar-refractivity contribution in [3.05, 3.63) is 210 Å². The van der Waals surface area contributed by atoms with Gasteiger partial charge in [-0.2, -0.15) is 0 Å². The summed E-state index contributed by atoms with van der Waals surface area (Å²) in [4.78, 5) is 2.41. The predicted molar refractivity (Wildman–Crippen MR) is 210 cm³/mol. The summed E-state index contributed by atoms with van der Waals surface area (Å²) < 4.78 is 6.41. The fraction of sp³-hybridized carbons (Fsp3) is 0.0204. The number of anilines is 3. The van der Waals surface area contributed by atoms with E-state index < -0.39 is 5.41 Å². The largest absolute Gasteiger partial charge is 0.456 e. The summed E-state index contributed by atoms with van der Waals surface area (Å²) in [5.41, 5.74) is 17.5. The lowest BCUT2D eigenvalue weighted by molar-refractivity contribution is 0.669. The highest BCUT2D eigenvalue weighted by Crippen LogP contribution is 2.63. The molecule has 1 spiro atoms. The van der Waals surface area contributed by atoms with Crippen LogP contribution in [0.3, 0.4) is 0 Å². The van der Waals surface area contributed by atoms with Crippen LogP contribution in [0.4, 0.5) is 17.1 Å². The van der Waals surface area contributed by atoms with E-state index in [1.165, 1.54) is 55.6 Å². The first-order valence-electron chi connectivity index (χ1n) is 17.6. The van der Waals surface area contributed by atoms with E-state index in [-0.39, 0.29) is 0 Å². The molecule has 238 valence electrons. The minimum absolute atomic E-state index is 0.477. The number of nitrogens with zero attached hydrogens (tertiary/aromatic N) is 1. The van der Waals surface area contributed by atoms with Gasteiger partial charge in [0, 0.05) is 16.8 Å². The summed E-state index contributed by atoms with van der Waals surface area (Å²) in [6, 6.07) is 68.5. The molecule has 0 unspecified atom stereocenters. The first kappa shape index (κ1) is 28.2. The second kappa shape index (κ2) is 10.7. The van der Waals surface area contributed by atoms with E-state index in [4.69, 9.17) is 4.42 Å². The third kappa shape index (κ3) is 3.87. The van der Waals surface area contributed by atoms with Gasteiger partial charge in [-0.25, -0.2) is 0 Å². The zero-order valence-electron chi connectivity index (χ0n) is 27.8. The molecule has 0 fully saturated rings.